The maximum absolute atomic E-state index is 12.4. The predicted octanol–water partition coefficient (Wildman–Crippen LogP) is 6.34. The number of carbonyl (C=O) groups excluding carboxylic acids is 1. The standard InChI is InChI=1S/C40H29N5O16S3.2Cu/c46-30-15-20(21-5-13-29(31(47)16-21)43-45-38-33(63(55,56)57)17-22-2-1-3-32(62(52,53)54)36(22)40(38)51)4-12-28(30)42-44-37-34(64(58,59)60)18-23-14-25(8-11-27(23)39(37)50)41-24-6-9-26(10-7-24)61-19-35(48)49;;/h1-18,41,46-47,50-51H,19H2,(H,48,49)(H,52,53,54)(H,55,56,57)(H,58,59,60);;. The number of nitrogens with zero attached hydrogens (tertiary/aromatic N) is 4. The van der Waals surface area contributed by atoms with Crippen molar-refractivity contribution in [3.05, 3.63) is 109 Å². The first-order chi connectivity index (χ1) is 30.1. The van der Waals surface area contributed by atoms with Crippen LogP contribution in [0.4, 0.5) is 34.1 Å². The molecule has 5 N–H and O–H groups in total. The summed E-state index contributed by atoms with van der Waals surface area (Å²) in [6.45, 7) is -0.645. The van der Waals surface area contributed by atoms with Gasteiger partial charge in [0.1, 0.15) is 77.0 Å². The van der Waals surface area contributed by atoms with E-state index in [0.717, 1.165) is 30.3 Å². The van der Waals surface area contributed by atoms with Gasteiger partial charge in [0.2, 0.25) is 0 Å². The molecule has 26 heteroatoms. The fourth-order valence-corrected chi connectivity index (χ4v) is 8.31. The Morgan fingerprint density at radius 1 is 0.576 bits per heavy atom. The largest absolute Gasteiger partial charge is 1.00 e. The summed E-state index contributed by atoms with van der Waals surface area (Å²) in [5.41, 5.74) is -0.934. The number of benzene rings is 7. The van der Waals surface area contributed by atoms with E-state index < -0.39 is 97.4 Å². The van der Waals surface area contributed by atoms with Gasteiger partial charge < -0.3 is 54.0 Å². The smallest absolute Gasteiger partial charge is 0.744 e. The molecule has 0 aliphatic carbocycles. The molecule has 7 rings (SSSR count). The van der Waals surface area contributed by atoms with Gasteiger partial charge in [-0.05, 0) is 107 Å². The van der Waals surface area contributed by atoms with Gasteiger partial charge in [-0.25, -0.2) is 25.3 Å². The van der Waals surface area contributed by atoms with Crippen LogP contribution >= 0.6 is 0 Å². The molecule has 0 bridgehead atoms. The van der Waals surface area contributed by atoms with Gasteiger partial charge in [-0.3, -0.25) is 0 Å². The Labute approximate surface area is 399 Å². The molecule has 350 valence electrons. The number of anilines is 2. The van der Waals surface area contributed by atoms with E-state index in [2.05, 4.69) is 25.8 Å². The van der Waals surface area contributed by atoms with Crippen LogP contribution in [0.15, 0.2) is 144 Å². The van der Waals surface area contributed by atoms with E-state index in [4.69, 9.17) is 4.74 Å². The molecule has 0 heterocycles. The average molecular weight is 1060 g/mol. The number of hydrogen-bond donors (Lipinski definition) is 5. The zero-order valence-electron chi connectivity index (χ0n) is 36.4. The second kappa shape index (κ2) is 19.4. The Morgan fingerprint density at radius 3 is 1.58 bits per heavy atom. The minimum atomic E-state index is -5.38. The summed E-state index contributed by atoms with van der Waals surface area (Å²) in [4.78, 5) is 7.66. The minimum absolute atomic E-state index is 0. The van der Waals surface area contributed by atoms with Gasteiger partial charge in [-0.1, -0.05) is 24.3 Å². The summed E-state index contributed by atoms with van der Waals surface area (Å²) in [5, 5.41) is 71.5. The normalized spacial score (nSPS) is 12.0. The topological polar surface area (TPSA) is 363 Å². The Bertz CT molecular complexity index is 3510. The second-order valence-corrected chi connectivity index (χ2v) is 17.5. The Kier molecular flexibility index (Phi) is 14.8. The van der Waals surface area contributed by atoms with Gasteiger partial charge in [0.25, 0.3) is 0 Å². The van der Waals surface area contributed by atoms with Crippen molar-refractivity contribution in [1.82, 2.24) is 0 Å². The van der Waals surface area contributed by atoms with E-state index in [1.54, 1.807) is 12.1 Å². The van der Waals surface area contributed by atoms with Crippen LogP contribution in [-0.4, -0.2) is 71.9 Å². The van der Waals surface area contributed by atoms with Crippen molar-refractivity contribution in [3.8, 4) is 39.9 Å². The van der Waals surface area contributed by atoms with Crippen molar-refractivity contribution in [2.45, 2.75) is 14.7 Å². The number of carbonyl (C=O) groups is 1. The molecular formula is C40H29Cu2N5O16S3. The van der Waals surface area contributed by atoms with Gasteiger partial charge in [0.15, 0.2) is 11.5 Å². The van der Waals surface area contributed by atoms with E-state index in [1.165, 1.54) is 60.7 Å². The van der Waals surface area contributed by atoms with E-state index >= 15 is 0 Å². The number of aliphatic carboxylic acids is 1. The predicted molar refractivity (Wildman–Crippen MR) is 223 cm³/mol. The third kappa shape index (κ3) is 10.9. The first kappa shape index (κ1) is 50.3. The SMILES string of the molecule is O=C([O-])COc1ccc(Nc2ccc3c(O)c(N=Nc4ccc(-c5ccc(N=Nc6c(S(=O)(=O)[O-])cc7cccc(S(=O)(=O)[O-])c7c6O)c(O)c5)cc4O)c(S(=O)(=O)[O-])cc3c2)cc1.[Cu].[Cu].[H+].[H+].[H+].[H+]. The molecule has 0 fully saturated rings. The van der Waals surface area contributed by atoms with E-state index in [1.807, 2.05) is 0 Å². The molecule has 0 aliphatic heterocycles. The summed E-state index contributed by atoms with van der Waals surface area (Å²) in [5.74, 6) is -4.16. The molecule has 0 aromatic heterocycles. The number of nitrogens with one attached hydrogen (secondary N) is 1. The number of phenols is 4. The van der Waals surface area contributed by atoms with Crippen LogP contribution < -0.4 is 15.2 Å². The third-order valence-electron chi connectivity index (χ3n) is 9.20. The molecular weight excluding hydrogens is 1030 g/mol. The fraction of sp³-hybridized carbons (Fsp3) is 0.0250. The first-order valence-electron chi connectivity index (χ1n) is 17.7. The second-order valence-electron chi connectivity index (χ2n) is 13.4. The fourth-order valence-electron chi connectivity index (χ4n) is 6.30. The molecule has 21 nitrogen and oxygen atoms in total. The summed E-state index contributed by atoms with van der Waals surface area (Å²) < 4.78 is 114. The molecule has 0 spiro atoms. The average Bonchev–Trinajstić information content (AvgIpc) is 3.22. The van der Waals surface area contributed by atoms with Crippen LogP contribution in [0.25, 0.3) is 32.7 Å². The van der Waals surface area contributed by atoms with Crippen molar-refractivity contribution < 1.29 is 114 Å². The van der Waals surface area contributed by atoms with Crippen molar-refractivity contribution in [2.75, 3.05) is 11.9 Å². The number of phenolic OH excluding ortho intramolecular Hbond substituents is 4. The van der Waals surface area contributed by atoms with E-state index in [-0.39, 0.29) is 84.3 Å². The van der Waals surface area contributed by atoms with Crippen molar-refractivity contribution >= 4 is 92.0 Å². The molecule has 7 aromatic rings. The number of fused-ring (bicyclic) bond motifs is 2. The Hall–Kier alpha value is -6.70. The van der Waals surface area contributed by atoms with Crippen molar-refractivity contribution in [3.63, 3.8) is 0 Å². The van der Waals surface area contributed by atoms with Gasteiger partial charge >= 0.3 is 5.71 Å². The van der Waals surface area contributed by atoms with Gasteiger partial charge in [0.05, 0.1) is 20.7 Å². The van der Waals surface area contributed by atoms with Crippen LogP contribution in [0.5, 0.6) is 28.7 Å². The molecule has 0 saturated heterocycles. The monoisotopic (exact) mass is 1060 g/mol. The molecule has 66 heavy (non-hydrogen) atoms. The zero-order valence-corrected chi connectivity index (χ0v) is 36.7. The molecule has 0 unspecified atom stereocenters. The number of carboxylic acid groups (broad SMARTS) is 1. The van der Waals surface area contributed by atoms with Crippen LogP contribution in [-0.2, 0) is 69.3 Å². The van der Waals surface area contributed by atoms with Gasteiger partial charge in [-0.2, -0.15) is 0 Å². The molecule has 7 aromatic carbocycles. The number of azo groups is 2. The molecule has 0 aliphatic rings. The van der Waals surface area contributed by atoms with Crippen molar-refractivity contribution in [1.29, 1.82) is 0 Å². The molecule has 0 amide bonds. The third-order valence-corrected chi connectivity index (χ3v) is 11.8. The number of carboxylic acids is 1. The maximum atomic E-state index is 12.4. The zero-order chi connectivity index (χ0) is 46.3. The van der Waals surface area contributed by atoms with Crippen molar-refractivity contribution in [2.24, 2.45) is 20.5 Å². The van der Waals surface area contributed by atoms with Gasteiger partial charge in [-0.15, -0.1) is 20.5 Å². The number of rotatable bonds is 13. The summed E-state index contributed by atoms with van der Waals surface area (Å²) >= 11 is 0. The summed E-state index contributed by atoms with van der Waals surface area (Å²) in [6, 6.07) is 22.7. The molecule has 2 radical (unpaired) electrons. The van der Waals surface area contributed by atoms with Crippen LogP contribution in [0.3, 0.4) is 0 Å². The summed E-state index contributed by atoms with van der Waals surface area (Å²) in [7, 11) is -15.9. The number of ether oxygens (including phenoxy) is 1. The van der Waals surface area contributed by atoms with E-state index in [9.17, 15) is 69.2 Å². The number of aromatic hydroxyl groups is 4. The van der Waals surface area contributed by atoms with Crippen LogP contribution in [0.1, 0.15) is 5.71 Å². The van der Waals surface area contributed by atoms with E-state index in [0.29, 0.717) is 17.4 Å². The Balaban J connectivity index is 0.00000408. The van der Waals surface area contributed by atoms with Crippen LogP contribution in [0, 0.1) is 0 Å². The number of hydrogen-bond acceptors (Lipinski definition) is 21. The minimum Gasteiger partial charge on any atom is -0.744 e. The first-order valence-corrected chi connectivity index (χ1v) is 22.0. The van der Waals surface area contributed by atoms with Gasteiger partial charge in [0, 0.05) is 56.3 Å². The Morgan fingerprint density at radius 2 is 1.08 bits per heavy atom. The molecule has 0 atom stereocenters. The molecule has 0 saturated carbocycles. The van der Waals surface area contributed by atoms with Crippen LogP contribution in [0.2, 0.25) is 0 Å². The maximum Gasteiger partial charge on any atom is 1.00 e. The summed E-state index contributed by atoms with van der Waals surface area (Å²) in [6.07, 6.45) is 0. The quantitative estimate of drug-likeness (QED) is 0.0477.